The molecule has 1 amide bonds. The molecular formula is C18H21N7O. The Morgan fingerprint density at radius 3 is 2.73 bits per heavy atom. The Morgan fingerprint density at radius 1 is 1.19 bits per heavy atom. The molecule has 3 heterocycles. The molecule has 0 atom stereocenters. The van der Waals surface area contributed by atoms with Crippen LogP contribution in [0.5, 0.6) is 0 Å². The third-order valence-corrected chi connectivity index (χ3v) is 4.76. The van der Waals surface area contributed by atoms with E-state index >= 15 is 0 Å². The molecule has 1 saturated carbocycles. The third-order valence-electron chi connectivity index (χ3n) is 4.76. The van der Waals surface area contributed by atoms with Crippen molar-refractivity contribution in [1.82, 2.24) is 34.8 Å². The molecule has 0 radical (unpaired) electrons. The Kier molecular flexibility index (Phi) is 4.47. The molecule has 0 bridgehead atoms. The van der Waals surface area contributed by atoms with E-state index in [1.165, 1.54) is 16.6 Å². The van der Waals surface area contributed by atoms with Crippen LogP contribution in [0.2, 0.25) is 0 Å². The molecule has 0 unspecified atom stereocenters. The molecule has 8 heteroatoms. The number of carbonyl (C=O) groups excluding carboxylic acids is 1. The predicted octanol–water partition coefficient (Wildman–Crippen LogP) is 2.08. The summed E-state index contributed by atoms with van der Waals surface area (Å²) >= 11 is 0. The van der Waals surface area contributed by atoms with E-state index in [1.807, 2.05) is 6.20 Å². The monoisotopic (exact) mass is 351 g/mol. The Hall–Kier alpha value is -3.03. The van der Waals surface area contributed by atoms with Gasteiger partial charge in [-0.15, -0.1) is 0 Å². The van der Waals surface area contributed by atoms with Crippen LogP contribution in [0.25, 0.3) is 5.82 Å². The van der Waals surface area contributed by atoms with Crippen LogP contribution in [-0.2, 0) is 0 Å². The number of aryl methyl sites for hydroxylation is 1. The smallest absolute Gasteiger partial charge is 0.270 e. The number of pyridine rings is 1. The van der Waals surface area contributed by atoms with Crippen molar-refractivity contribution in [1.29, 1.82) is 0 Å². The van der Waals surface area contributed by atoms with Gasteiger partial charge in [0.1, 0.15) is 18.3 Å². The zero-order chi connectivity index (χ0) is 17.9. The standard InChI is InChI=1S/C18H21N7O/c1-13-9-20-24(10-13)15-7-5-14(6-8-15)22-18(26)16-3-2-4-17(23-16)25-12-19-11-21-25/h2-4,9-12,14-15H,5-8H2,1H3,(H,22,26). The Bertz CT molecular complexity index is 879. The highest BCUT2D eigenvalue weighted by Crippen LogP contribution is 2.28. The molecule has 0 saturated heterocycles. The zero-order valence-corrected chi connectivity index (χ0v) is 14.6. The maximum atomic E-state index is 12.6. The number of amides is 1. The maximum Gasteiger partial charge on any atom is 0.270 e. The highest BCUT2D eigenvalue weighted by Gasteiger charge is 2.24. The average molecular weight is 351 g/mol. The summed E-state index contributed by atoms with van der Waals surface area (Å²) < 4.78 is 3.59. The first kappa shape index (κ1) is 16.4. The molecule has 26 heavy (non-hydrogen) atoms. The first-order valence-electron chi connectivity index (χ1n) is 8.83. The van der Waals surface area contributed by atoms with Crippen molar-refractivity contribution in [2.24, 2.45) is 0 Å². The lowest BCUT2D eigenvalue weighted by Crippen LogP contribution is -2.38. The molecule has 1 aliphatic carbocycles. The van der Waals surface area contributed by atoms with Gasteiger partial charge in [-0.05, 0) is 50.3 Å². The van der Waals surface area contributed by atoms with Crippen molar-refractivity contribution < 1.29 is 4.79 Å². The van der Waals surface area contributed by atoms with Gasteiger partial charge in [0.2, 0.25) is 0 Å². The summed E-state index contributed by atoms with van der Waals surface area (Å²) in [5.41, 5.74) is 1.57. The highest BCUT2D eigenvalue weighted by molar-refractivity contribution is 5.92. The number of rotatable bonds is 4. The van der Waals surface area contributed by atoms with Gasteiger partial charge in [0.05, 0.1) is 12.2 Å². The van der Waals surface area contributed by atoms with E-state index in [2.05, 4.69) is 43.3 Å². The van der Waals surface area contributed by atoms with E-state index in [9.17, 15) is 4.79 Å². The first-order valence-corrected chi connectivity index (χ1v) is 8.83. The summed E-state index contributed by atoms with van der Waals surface area (Å²) in [7, 11) is 0. The minimum atomic E-state index is -0.148. The summed E-state index contributed by atoms with van der Waals surface area (Å²) in [5.74, 6) is 0.429. The summed E-state index contributed by atoms with van der Waals surface area (Å²) in [4.78, 5) is 20.8. The Morgan fingerprint density at radius 2 is 2.04 bits per heavy atom. The number of hydrogen-bond donors (Lipinski definition) is 1. The van der Waals surface area contributed by atoms with Crippen molar-refractivity contribution in [2.45, 2.75) is 44.7 Å². The fraction of sp³-hybridized carbons (Fsp3) is 0.389. The molecule has 8 nitrogen and oxygen atoms in total. The van der Waals surface area contributed by atoms with Gasteiger partial charge in [-0.1, -0.05) is 6.07 Å². The fourth-order valence-electron chi connectivity index (χ4n) is 3.38. The highest BCUT2D eigenvalue weighted by atomic mass is 16.1. The van der Waals surface area contributed by atoms with Crippen LogP contribution >= 0.6 is 0 Å². The number of nitrogens with one attached hydrogen (secondary N) is 1. The van der Waals surface area contributed by atoms with E-state index in [-0.39, 0.29) is 11.9 Å². The van der Waals surface area contributed by atoms with E-state index in [0.717, 1.165) is 25.7 Å². The Balaban J connectivity index is 1.36. The van der Waals surface area contributed by atoms with Gasteiger partial charge in [0.15, 0.2) is 5.82 Å². The second-order valence-corrected chi connectivity index (χ2v) is 6.70. The Labute approximate surface area is 151 Å². The van der Waals surface area contributed by atoms with Crippen LogP contribution in [0.15, 0.2) is 43.2 Å². The number of aromatic nitrogens is 6. The predicted molar refractivity (Wildman–Crippen MR) is 94.9 cm³/mol. The van der Waals surface area contributed by atoms with Gasteiger partial charge in [0.25, 0.3) is 5.91 Å². The summed E-state index contributed by atoms with van der Waals surface area (Å²) in [6.07, 6.45) is 10.9. The quantitative estimate of drug-likeness (QED) is 0.777. The van der Waals surface area contributed by atoms with Gasteiger partial charge in [-0.3, -0.25) is 9.48 Å². The molecule has 1 fully saturated rings. The van der Waals surface area contributed by atoms with E-state index < -0.39 is 0 Å². The van der Waals surface area contributed by atoms with Crippen LogP contribution in [0.4, 0.5) is 0 Å². The van der Waals surface area contributed by atoms with Gasteiger partial charge >= 0.3 is 0 Å². The van der Waals surface area contributed by atoms with Crippen LogP contribution < -0.4 is 5.32 Å². The molecule has 0 aliphatic heterocycles. The average Bonchev–Trinajstić information content (AvgIpc) is 3.34. The lowest BCUT2D eigenvalue weighted by molar-refractivity contribution is 0.0916. The lowest BCUT2D eigenvalue weighted by atomic mass is 9.91. The second-order valence-electron chi connectivity index (χ2n) is 6.70. The topological polar surface area (TPSA) is 90.5 Å². The van der Waals surface area contributed by atoms with Gasteiger partial charge in [0, 0.05) is 12.2 Å². The lowest BCUT2D eigenvalue weighted by Gasteiger charge is -2.29. The summed E-state index contributed by atoms with van der Waals surface area (Å²) in [6.45, 7) is 2.05. The normalized spacial score (nSPS) is 20.0. The molecule has 3 aromatic rings. The van der Waals surface area contributed by atoms with Crippen LogP contribution in [0, 0.1) is 6.92 Å². The van der Waals surface area contributed by atoms with Crippen molar-refractivity contribution in [3.8, 4) is 5.82 Å². The van der Waals surface area contributed by atoms with Gasteiger partial charge in [-0.2, -0.15) is 10.2 Å². The van der Waals surface area contributed by atoms with Crippen LogP contribution in [0.1, 0.15) is 47.8 Å². The molecule has 134 valence electrons. The van der Waals surface area contributed by atoms with E-state index in [0.29, 0.717) is 17.6 Å². The van der Waals surface area contributed by atoms with Crippen molar-refractivity contribution in [3.05, 3.63) is 54.5 Å². The van der Waals surface area contributed by atoms with E-state index in [1.54, 1.807) is 24.5 Å². The molecule has 1 aliphatic rings. The molecule has 3 aromatic heterocycles. The van der Waals surface area contributed by atoms with Gasteiger partial charge in [-0.25, -0.2) is 14.6 Å². The SMILES string of the molecule is Cc1cnn(C2CCC(NC(=O)c3cccc(-n4cncn4)n3)CC2)c1. The number of hydrogen-bond acceptors (Lipinski definition) is 5. The number of nitrogens with zero attached hydrogens (tertiary/aromatic N) is 6. The van der Waals surface area contributed by atoms with Crippen molar-refractivity contribution in [3.63, 3.8) is 0 Å². The first-order chi connectivity index (χ1) is 12.7. The third kappa shape index (κ3) is 3.49. The molecular weight excluding hydrogens is 330 g/mol. The van der Waals surface area contributed by atoms with Crippen LogP contribution in [-0.4, -0.2) is 41.5 Å². The second kappa shape index (κ2) is 7.07. The molecule has 0 spiro atoms. The summed E-state index contributed by atoms with van der Waals surface area (Å²) in [6, 6.07) is 5.91. The van der Waals surface area contributed by atoms with Crippen molar-refractivity contribution >= 4 is 5.91 Å². The van der Waals surface area contributed by atoms with Crippen LogP contribution in [0.3, 0.4) is 0 Å². The largest absolute Gasteiger partial charge is 0.348 e. The zero-order valence-electron chi connectivity index (χ0n) is 14.6. The minimum Gasteiger partial charge on any atom is -0.348 e. The molecule has 1 N–H and O–H groups in total. The minimum absolute atomic E-state index is 0.148. The van der Waals surface area contributed by atoms with Gasteiger partial charge < -0.3 is 5.32 Å². The maximum absolute atomic E-state index is 12.6. The van der Waals surface area contributed by atoms with Crippen molar-refractivity contribution in [2.75, 3.05) is 0 Å². The number of carbonyl (C=O) groups is 1. The molecule has 4 rings (SSSR count). The fourth-order valence-corrected chi connectivity index (χ4v) is 3.38. The molecule has 0 aromatic carbocycles. The summed E-state index contributed by atoms with van der Waals surface area (Å²) in [5, 5.41) is 11.6. The van der Waals surface area contributed by atoms with E-state index in [4.69, 9.17) is 0 Å².